The van der Waals surface area contributed by atoms with Crippen LogP contribution in [0.4, 0.5) is 0 Å². The van der Waals surface area contributed by atoms with Crippen LogP contribution in [-0.2, 0) is 0 Å². The third-order valence-corrected chi connectivity index (χ3v) is 4.83. The van der Waals surface area contributed by atoms with Crippen molar-refractivity contribution < 1.29 is 14.6 Å². The molecule has 5 heteroatoms. The fourth-order valence-corrected chi connectivity index (χ4v) is 3.34. The van der Waals surface area contributed by atoms with Crippen molar-refractivity contribution in [2.24, 2.45) is 0 Å². The van der Waals surface area contributed by atoms with Gasteiger partial charge in [0.05, 0.1) is 13.2 Å². The highest BCUT2D eigenvalue weighted by atomic mass is 16.5. The molecule has 0 bridgehead atoms. The van der Waals surface area contributed by atoms with E-state index in [1.165, 1.54) is 0 Å². The van der Waals surface area contributed by atoms with Crippen LogP contribution in [0.25, 0.3) is 10.9 Å². The van der Waals surface area contributed by atoms with Crippen LogP contribution in [0.15, 0.2) is 85.1 Å². The number of aromatic nitrogens is 1. The number of amides is 1. The Bertz CT molecular complexity index is 1160. The molecule has 0 saturated heterocycles. The molecule has 0 spiro atoms. The van der Waals surface area contributed by atoms with Crippen LogP contribution in [0.2, 0.25) is 0 Å². The number of phenols is 1. The molecule has 1 atom stereocenters. The number of aromatic hydroxyl groups is 1. The molecule has 2 N–H and O–H groups in total. The van der Waals surface area contributed by atoms with Crippen molar-refractivity contribution >= 4 is 16.8 Å². The molecule has 3 aromatic carbocycles. The summed E-state index contributed by atoms with van der Waals surface area (Å²) in [7, 11) is 1.59. The number of nitrogens with one attached hydrogen (secondary N) is 1. The van der Waals surface area contributed by atoms with Crippen LogP contribution in [0.5, 0.6) is 11.5 Å². The van der Waals surface area contributed by atoms with Gasteiger partial charge in [-0.25, -0.2) is 0 Å². The van der Waals surface area contributed by atoms with Crippen molar-refractivity contribution in [3.63, 3.8) is 0 Å². The lowest BCUT2D eigenvalue weighted by Crippen LogP contribution is -2.29. The van der Waals surface area contributed by atoms with Crippen LogP contribution in [0.1, 0.15) is 27.5 Å². The molecule has 0 aliphatic carbocycles. The molecule has 5 nitrogen and oxygen atoms in total. The predicted octanol–water partition coefficient (Wildman–Crippen LogP) is 4.47. The zero-order valence-corrected chi connectivity index (χ0v) is 15.9. The maximum Gasteiger partial charge on any atom is 0.252 e. The van der Waals surface area contributed by atoms with Crippen molar-refractivity contribution in [2.75, 3.05) is 7.11 Å². The van der Waals surface area contributed by atoms with E-state index in [1.807, 2.05) is 66.7 Å². The molecule has 29 heavy (non-hydrogen) atoms. The van der Waals surface area contributed by atoms with Gasteiger partial charge >= 0.3 is 0 Å². The topological polar surface area (TPSA) is 71.5 Å². The normalized spacial score (nSPS) is 11.8. The average Bonchev–Trinajstić information content (AvgIpc) is 2.79. The number of pyridine rings is 1. The molecule has 1 amide bonds. The van der Waals surface area contributed by atoms with Gasteiger partial charge in [0, 0.05) is 22.7 Å². The van der Waals surface area contributed by atoms with E-state index in [4.69, 9.17) is 4.74 Å². The second kappa shape index (κ2) is 8.02. The lowest BCUT2D eigenvalue weighted by molar-refractivity contribution is 0.0942. The molecule has 1 heterocycles. The number of carbonyl (C=O) groups excluding carboxylic acids is 1. The minimum atomic E-state index is -0.579. The SMILES string of the molecule is COc1cccc([C@@H](NC(=O)c2ccccc2)c2ccc3cccnc3c2O)c1. The molecule has 0 fully saturated rings. The van der Waals surface area contributed by atoms with E-state index in [-0.39, 0.29) is 11.7 Å². The Kier molecular flexibility index (Phi) is 5.12. The lowest BCUT2D eigenvalue weighted by atomic mass is 9.95. The number of ether oxygens (including phenoxy) is 1. The van der Waals surface area contributed by atoms with Crippen LogP contribution < -0.4 is 10.1 Å². The minimum absolute atomic E-state index is 0.0456. The van der Waals surface area contributed by atoms with Crippen molar-refractivity contribution in [1.29, 1.82) is 0 Å². The van der Waals surface area contributed by atoms with Gasteiger partial charge in [-0.05, 0) is 35.9 Å². The molecule has 4 rings (SSSR count). The number of methoxy groups -OCH3 is 1. The number of phenolic OH excluding ortho intramolecular Hbond substituents is 1. The van der Waals surface area contributed by atoms with Gasteiger partial charge in [-0.2, -0.15) is 0 Å². The zero-order chi connectivity index (χ0) is 20.2. The van der Waals surface area contributed by atoms with Gasteiger partial charge in [-0.15, -0.1) is 0 Å². The summed E-state index contributed by atoms with van der Waals surface area (Å²) >= 11 is 0. The van der Waals surface area contributed by atoms with Crippen LogP contribution in [0.3, 0.4) is 0 Å². The third-order valence-electron chi connectivity index (χ3n) is 4.83. The largest absolute Gasteiger partial charge is 0.505 e. The van der Waals surface area contributed by atoms with Gasteiger partial charge < -0.3 is 15.2 Å². The summed E-state index contributed by atoms with van der Waals surface area (Å²) in [5.41, 5.74) is 2.39. The van der Waals surface area contributed by atoms with E-state index in [0.717, 1.165) is 10.9 Å². The number of hydrogen-bond acceptors (Lipinski definition) is 4. The van der Waals surface area contributed by atoms with Crippen LogP contribution in [0, 0.1) is 0 Å². The monoisotopic (exact) mass is 384 g/mol. The summed E-state index contributed by atoms with van der Waals surface area (Å²) in [6, 6.07) is 23.2. The van der Waals surface area contributed by atoms with Gasteiger partial charge in [0.2, 0.25) is 0 Å². The summed E-state index contributed by atoms with van der Waals surface area (Å²) in [6.45, 7) is 0. The first-order valence-corrected chi connectivity index (χ1v) is 9.24. The first-order valence-electron chi connectivity index (χ1n) is 9.24. The molecule has 1 aromatic heterocycles. The van der Waals surface area contributed by atoms with Gasteiger partial charge in [-0.3, -0.25) is 9.78 Å². The Labute approximate surface area is 168 Å². The van der Waals surface area contributed by atoms with E-state index in [0.29, 0.717) is 22.4 Å². The minimum Gasteiger partial charge on any atom is -0.505 e. The molecule has 0 aliphatic rings. The lowest BCUT2D eigenvalue weighted by Gasteiger charge is -2.22. The number of fused-ring (bicyclic) bond motifs is 1. The van der Waals surface area contributed by atoms with E-state index in [9.17, 15) is 9.90 Å². The van der Waals surface area contributed by atoms with E-state index in [2.05, 4.69) is 10.3 Å². The zero-order valence-electron chi connectivity index (χ0n) is 15.9. The molecular weight excluding hydrogens is 364 g/mol. The highest BCUT2D eigenvalue weighted by Crippen LogP contribution is 2.35. The number of nitrogens with zero attached hydrogens (tertiary/aromatic N) is 1. The molecule has 0 unspecified atom stereocenters. The maximum absolute atomic E-state index is 12.9. The summed E-state index contributed by atoms with van der Waals surface area (Å²) in [5.74, 6) is 0.475. The first kappa shape index (κ1) is 18.5. The number of carbonyl (C=O) groups is 1. The Morgan fingerprint density at radius 3 is 2.62 bits per heavy atom. The molecule has 0 saturated carbocycles. The van der Waals surface area contributed by atoms with Crippen molar-refractivity contribution in [2.45, 2.75) is 6.04 Å². The average molecular weight is 384 g/mol. The summed E-state index contributed by atoms with van der Waals surface area (Å²) in [6.07, 6.45) is 1.63. The Morgan fingerprint density at radius 2 is 1.83 bits per heavy atom. The number of benzene rings is 3. The second-order valence-corrected chi connectivity index (χ2v) is 6.63. The number of rotatable bonds is 5. The number of hydrogen-bond donors (Lipinski definition) is 2. The first-order chi connectivity index (χ1) is 14.2. The summed E-state index contributed by atoms with van der Waals surface area (Å²) < 4.78 is 5.34. The van der Waals surface area contributed by atoms with Crippen molar-refractivity contribution in [3.05, 3.63) is 102 Å². The van der Waals surface area contributed by atoms with Gasteiger partial charge in [0.1, 0.15) is 17.0 Å². The standard InChI is InChI=1S/C24H20N2O3/c1-29-19-11-5-9-18(15-19)21(26-24(28)17-7-3-2-4-8-17)20-13-12-16-10-6-14-25-22(16)23(20)27/h2-15,21,27H,1H3,(H,26,28)/t21-/m1/s1. The smallest absolute Gasteiger partial charge is 0.252 e. The fourth-order valence-electron chi connectivity index (χ4n) is 3.34. The summed E-state index contributed by atoms with van der Waals surface area (Å²) in [5, 5.41) is 14.8. The van der Waals surface area contributed by atoms with Gasteiger partial charge in [0.25, 0.3) is 5.91 Å². The van der Waals surface area contributed by atoms with Gasteiger partial charge in [0.15, 0.2) is 0 Å². The molecular formula is C24H20N2O3. The van der Waals surface area contributed by atoms with Crippen molar-refractivity contribution in [3.8, 4) is 11.5 Å². The summed E-state index contributed by atoms with van der Waals surface area (Å²) in [4.78, 5) is 17.2. The molecule has 0 aliphatic heterocycles. The Hall–Kier alpha value is -3.86. The maximum atomic E-state index is 12.9. The Balaban J connectivity index is 1.82. The molecule has 0 radical (unpaired) electrons. The van der Waals surface area contributed by atoms with Crippen molar-refractivity contribution in [1.82, 2.24) is 10.3 Å². The van der Waals surface area contributed by atoms with E-state index < -0.39 is 6.04 Å². The highest BCUT2D eigenvalue weighted by Gasteiger charge is 2.23. The Morgan fingerprint density at radius 1 is 1.00 bits per heavy atom. The highest BCUT2D eigenvalue weighted by molar-refractivity contribution is 5.95. The van der Waals surface area contributed by atoms with E-state index in [1.54, 1.807) is 25.4 Å². The molecule has 144 valence electrons. The third kappa shape index (κ3) is 3.75. The quantitative estimate of drug-likeness (QED) is 0.533. The van der Waals surface area contributed by atoms with Crippen LogP contribution in [-0.4, -0.2) is 23.1 Å². The molecule has 4 aromatic rings. The van der Waals surface area contributed by atoms with Crippen LogP contribution >= 0.6 is 0 Å². The second-order valence-electron chi connectivity index (χ2n) is 6.63. The predicted molar refractivity (Wildman–Crippen MR) is 112 cm³/mol. The van der Waals surface area contributed by atoms with Gasteiger partial charge in [-0.1, -0.05) is 48.5 Å². The fraction of sp³-hybridized carbons (Fsp3) is 0.0833. The van der Waals surface area contributed by atoms with E-state index >= 15 is 0 Å².